The number of rotatable bonds is 6. The van der Waals surface area contributed by atoms with Gasteiger partial charge in [0, 0.05) is 44.5 Å². The lowest BCUT2D eigenvalue weighted by atomic mass is 9.90. The van der Waals surface area contributed by atoms with Crippen LogP contribution >= 0.6 is 0 Å². The summed E-state index contributed by atoms with van der Waals surface area (Å²) < 4.78 is 2.08. The van der Waals surface area contributed by atoms with Gasteiger partial charge >= 0.3 is 0 Å². The fourth-order valence-electron chi connectivity index (χ4n) is 3.83. The van der Waals surface area contributed by atoms with Gasteiger partial charge in [0.05, 0.1) is 0 Å². The van der Waals surface area contributed by atoms with Crippen molar-refractivity contribution in [3.05, 3.63) is 52.3 Å². The van der Waals surface area contributed by atoms with E-state index in [9.17, 15) is 4.79 Å². The van der Waals surface area contributed by atoms with Crippen molar-refractivity contribution in [1.82, 2.24) is 20.0 Å². The molecule has 0 fully saturated rings. The van der Waals surface area contributed by atoms with Crippen LogP contribution in [0.5, 0.6) is 0 Å². The van der Waals surface area contributed by atoms with E-state index in [1.807, 2.05) is 0 Å². The zero-order valence-corrected chi connectivity index (χ0v) is 17.2. The minimum atomic E-state index is 0.00749. The van der Waals surface area contributed by atoms with Crippen molar-refractivity contribution in [2.24, 2.45) is 5.92 Å². The normalized spacial score (nSPS) is 16.4. The molecule has 1 amide bonds. The first-order chi connectivity index (χ1) is 12.8. The summed E-state index contributed by atoms with van der Waals surface area (Å²) in [6.07, 6.45) is 2.92. The SMILES string of the molecule is Cc1cccc(CNC2CCc3c(c(C(=O)N(C)C)nn3CC(C)C)C2)c1. The van der Waals surface area contributed by atoms with E-state index < -0.39 is 0 Å². The Hall–Kier alpha value is -2.14. The summed E-state index contributed by atoms with van der Waals surface area (Å²) in [7, 11) is 3.60. The quantitative estimate of drug-likeness (QED) is 0.852. The molecule has 5 nitrogen and oxygen atoms in total. The van der Waals surface area contributed by atoms with Gasteiger partial charge in [0.15, 0.2) is 5.69 Å². The van der Waals surface area contributed by atoms with E-state index in [1.54, 1.807) is 19.0 Å². The Bertz CT molecular complexity index is 807. The number of benzene rings is 1. The molecule has 1 aliphatic rings. The van der Waals surface area contributed by atoms with Gasteiger partial charge in [0.1, 0.15) is 0 Å². The Balaban J connectivity index is 1.78. The third-order valence-corrected chi connectivity index (χ3v) is 5.17. The number of carbonyl (C=O) groups excluding carboxylic acids is 1. The molecule has 0 radical (unpaired) electrons. The fourth-order valence-corrected chi connectivity index (χ4v) is 3.83. The number of nitrogens with zero attached hydrogens (tertiary/aromatic N) is 3. The summed E-state index contributed by atoms with van der Waals surface area (Å²) in [4.78, 5) is 14.3. The average molecular weight is 369 g/mol. The molecule has 1 unspecified atom stereocenters. The lowest BCUT2D eigenvalue weighted by Gasteiger charge is -2.25. The first-order valence-corrected chi connectivity index (χ1v) is 9.94. The fraction of sp³-hybridized carbons (Fsp3) is 0.545. The lowest BCUT2D eigenvalue weighted by molar-refractivity contribution is 0.0819. The van der Waals surface area contributed by atoms with Crippen molar-refractivity contribution in [2.75, 3.05) is 14.1 Å². The molecule has 1 aromatic carbocycles. The summed E-state index contributed by atoms with van der Waals surface area (Å²) in [5, 5.41) is 8.40. The second kappa shape index (κ2) is 8.26. The predicted molar refractivity (Wildman–Crippen MR) is 109 cm³/mol. The first kappa shape index (κ1) is 19.6. The highest BCUT2D eigenvalue weighted by Gasteiger charge is 2.29. The Morgan fingerprint density at radius 2 is 2.15 bits per heavy atom. The second-order valence-corrected chi connectivity index (χ2v) is 8.36. The van der Waals surface area contributed by atoms with Crippen molar-refractivity contribution in [3.63, 3.8) is 0 Å². The minimum Gasteiger partial charge on any atom is -0.343 e. The van der Waals surface area contributed by atoms with Gasteiger partial charge in [0.2, 0.25) is 0 Å². The molecule has 0 bridgehead atoms. The molecule has 146 valence electrons. The van der Waals surface area contributed by atoms with Gasteiger partial charge in [-0.25, -0.2) is 0 Å². The second-order valence-electron chi connectivity index (χ2n) is 8.36. The van der Waals surface area contributed by atoms with E-state index in [0.717, 1.165) is 37.9 Å². The molecule has 0 saturated heterocycles. The molecule has 0 spiro atoms. The largest absolute Gasteiger partial charge is 0.343 e. The number of fused-ring (bicyclic) bond motifs is 1. The molecule has 0 aliphatic heterocycles. The summed E-state index contributed by atoms with van der Waals surface area (Å²) >= 11 is 0. The van der Waals surface area contributed by atoms with Gasteiger partial charge in [-0.05, 0) is 37.7 Å². The van der Waals surface area contributed by atoms with Gasteiger partial charge in [0.25, 0.3) is 5.91 Å². The molecule has 1 atom stereocenters. The maximum absolute atomic E-state index is 12.7. The number of aromatic nitrogens is 2. The number of aryl methyl sites for hydroxylation is 1. The van der Waals surface area contributed by atoms with Crippen molar-refractivity contribution in [3.8, 4) is 0 Å². The van der Waals surface area contributed by atoms with Crippen LogP contribution in [-0.2, 0) is 25.9 Å². The highest BCUT2D eigenvalue weighted by Crippen LogP contribution is 2.26. The lowest BCUT2D eigenvalue weighted by Crippen LogP contribution is -2.35. The molecule has 1 N–H and O–H groups in total. The molecule has 27 heavy (non-hydrogen) atoms. The summed E-state index contributed by atoms with van der Waals surface area (Å²) in [5.74, 6) is 0.515. The molecule has 1 heterocycles. The van der Waals surface area contributed by atoms with Gasteiger partial charge in [-0.15, -0.1) is 0 Å². The van der Waals surface area contributed by atoms with E-state index in [2.05, 4.69) is 55.0 Å². The number of nitrogens with one attached hydrogen (secondary N) is 1. The van der Waals surface area contributed by atoms with Crippen LogP contribution in [0.15, 0.2) is 24.3 Å². The van der Waals surface area contributed by atoms with E-state index >= 15 is 0 Å². The highest BCUT2D eigenvalue weighted by atomic mass is 16.2. The van der Waals surface area contributed by atoms with Crippen LogP contribution in [0.3, 0.4) is 0 Å². The van der Waals surface area contributed by atoms with Crippen molar-refractivity contribution >= 4 is 5.91 Å². The predicted octanol–water partition coefficient (Wildman–Crippen LogP) is 3.20. The minimum absolute atomic E-state index is 0.00749. The Morgan fingerprint density at radius 3 is 2.81 bits per heavy atom. The number of hydrogen-bond donors (Lipinski definition) is 1. The number of amides is 1. The maximum Gasteiger partial charge on any atom is 0.274 e. The Kier molecular flexibility index (Phi) is 6.00. The molecule has 5 heteroatoms. The van der Waals surface area contributed by atoms with Crippen molar-refractivity contribution in [1.29, 1.82) is 0 Å². The molecular formula is C22H32N4O. The van der Waals surface area contributed by atoms with Gasteiger partial charge in [-0.3, -0.25) is 9.48 Å². The summed E-state index contributed by atoms with van der Waals surface area (Å²) in [6.45, 7) is 8.23. The van der Waals surface area contributed by atoms with Gasteiger partial charge in [-0.1, -0.05) is 43.7 Å². The monoisotopic (exact) mass is 368 g/mol. The average Bonchev–Trinajstić information content (AvgIpc) is 2.96. The van der Waals surface area contributed by atoms with Gasteiger partial charge in [-0.2, -0.15) is 5.10 Å². The number of carbonyl (C=O) groups is 1. The van der Waals surface area contributed by atoms with Crippen LogP contribution in [0.2, 0.25) is 0 Å². The molecule has 1 aromatic heterocycles. The number of hydrogen-bond acceptors (Lipinski definition) is 3. The molecule has 1 aliphatic carbocycles. The third-order valence-electron chi connectivity index (χ3n) is 5.17. The summed E-state index contributed by atoms with van der Waals surface area (Å²) in [5.41, 5.74) is 5.62. The zero-order valence-electron chi connectivity index (χ0n) is 17.2. The molecule has 0 saturated carbocycles. The molecule has 3 rings (SSSR count). The van der Waals surface area contributed by atoms with E-state index in [-0.39, 0.29) is 5.91 Å². The smallest absolute Gasteiger partial charge is 0.274 e. The maximum atomic E-state index is 12.7. The van der Waals surface area contributed by atoms with Crippen molar-refractivity contribution in [2.45, 2.75) is 59.2 Å². The highest BCUT2D eigenvalue weighted by molar-refractivity contribution is 5.93. The summed E-state index contributed by atoms with van der Waals surface area (Å²) in [6, 6.07) is 9.00. The van der Waals surface area contributed by atoms with E-state index in [0.29, 0.717) is 17.7 Å². The topological polar surface area (TPSA) is 50.2 Å². The molecular weight excluding hydrogens is 336 g/mol. The van der Waals surface area contributed by atoms with Crippen LogP contribution < -0.4 is 5.32 Å². The van der Waals surface area contributed by atoms with Crippen LogP contribution in [0.4, 0.5) is 0 Å². The van der Waals surface area contributed by atoms with Gasteiger partial charge < -0.3 is 10.2 Å². The Labute approximate surface area is 162 Å². The van der Waals surface area contributed by atoms with E-state index in [1.165, 1.54) is 16.8 Å². The first-order valence-electron chi connectivity index (χ1n) is 9.94. The van der Waals surface area contributed by atoms with Crippen LogP contribution in [0, 0.1) is 12.8 Å². The standard InChI is InChI=1S/C22H32N4O/c1-15(2)14-26-20-10-9-18(23-13-17-8-6-7-16(3)11-17)12-19(20)21(24-26)22(27)25(4)5/h6-8,11,15,18,23H,9-10,12-14H2,1-5H3. The zero-order chi connectivity index (χ0) is 19.6. The molecule has 2 aromatic rings. The third kappa shape index (κ3) is 4.59. The Morgan fingerprint density at radius 1 is 1.37 bits per heavy atom. The van der Waals surface area contributed by atoms with Crippen LogP contribution in [0.25, 0.3) is 0 Å². The van der Waals surface area contributed by atoms with E-state index in [4.69, 9.17) is 5.10 Å². The van der Waals surface area contributed by atoms with Crippen LogP contribution in [-0.4, -0.2) is 40.7 Å². The van der Waals surface area contributed by atoms with Crippen LogP contribution in [0.1, 0.15) is 53.1 Å². The van der Waals surface area contributed by atoms with Crippen molar-refractivity contribution < 1.29 is 4.79 Å².